The van der Waals surface area contributed by atoms with Crippen molar-refractivity contribution in [1.29, 1.82) is 0 Å². The first-order chi connectivity index (χ1) is 13.8. The zero-order valence-electron chi connectivity index (χ0n) is 17.3. The van der Waals surface area contributed by atoms with Gasteiger partial charge in [-0.3, -0.25) is 9.89 Å². The molecule has 0 bridgehead atoms. The number of hydrogen-bond acceptors (Lipinski definition) is 3. The Morgan fingerprint density at radius 3 is 2.72 bits per heavy atom. The Morgan fingerprint density at radius 2 is 1.90 bits per heavy atom. The molecular formula is C23H33IN4O. The van der Waals surface area contributed by atoms with E-state index in [0.717, 1.165) is 64.2 Å². The van der Waals surface area contributed by atoms with Gasteiger partial charge >= 0.3 is 0 Å². The molecule has 0 amide bonds. The predicted octanol–water partition coefficient (Wildman–Crippen LogP) is 3.23. The largest absolute Gasteiger partial charge is 0.379 e. The highest BCUT2D eigenvalue weighted by molar-refractivity contribution is 14.0. The van der Waals surface area contributed by atoms with Gasteiger partial charge in [0.25, 0.3) is 0 Å². The van der Waals surface area contributed by atoms with Crippen LogP contribution in [0.15, 0.2) is 47.5 Å². The first-order valence-corrected chi connectivity index (χ1v) is 10.6. The van der Waals surface area contributed by atoms with E-state index in [-0.39, 0.29) is 24.0 Å². The van der Waals surface area contributed by atoms with Crippen LogP contribution in [0.25, 0.3) is 10.8 Å². The highest BCUT2D eigenvalue weighted by atomic mass is 127. The molecule has 158 valence electrons. The molecule has 2 fully saturated rings. The number of aliphatic imine (C=N–C) groups is 1. The van der Waals surface area contributed by atoms with Crippen LogP contribution in [0.2, 0.25) is 0 Å². The second kappa shape index (κ2) is 11.1. The lowest BCUT2D eigenvalue weighted by molar-refractivity contribution is 0.0315. The number of guanidine groups is 1. The maximum atomic E-state index is 5.47. The lowest BCUT2D eigenvalue weighted by atomic mass is 10.0. The zero-order chi connectivity index (χ0) is 19.2. The summed E-state index contributed by atoms with van der Waals surface area (Å²) < 4.78 is 5.47. The molecule has 5 nitrogen and oxygen atoms in total. The van der Waals surface area contributed by atoms with E-state index in [0.29, 0.717) is 0 Å². The van der Waals surface area contributed by atoms with Crippen molar-refractivity contribution in [2.75, 3.05) is 59.5 Å². The first kappa shape index (κ1) is 22.3. The normalized spacial score (nSPS) is 20.7. The molecule has 1 N–H and O–H groups in total. The summed E-state index contributed by atoms with van der Waals surface area (Å²) in [4.78, 5) is 9.52. The Hall–Kier alpha value is -1.38. The van der Waals surface area contributed by atoms with Crippen molar-refractivity contribution in [3.63, 3.8) is 0 Å². The highest BCUT2D eigenvalue weighted by Gasteiger charge is 2.26. The summed E-state index contributed by atoms with van der Waals surface area (Å²) >= 11 is 0. The van der Waals surface area contributed by atoms with Gasteiger partial charge in [-0.25, -0.2) is 0 Å². The van der Waals surface area contributed by atoms with Gasteiger partial charge < -0.3 is 15.0 Å². The number of ether oxygens (including phenoxy) is 1. The Morgan fingerprint density at radius 1 is 1.10 bits per heavy atom. The summed E-state index contributed by atoms with van der Waals surface area (Å²) in [6.45, 7) is 8.22. The fourth-order valence-electron chi connectivity index (χ4n) is 4.47. The summed E-state index contributed by atoms with van der Waals surface area (Å²) in [7, 11) is 1.90. The number of fused-ring (bicyclic) bond motifs is 1. The van der Waals surface area contributed by atoms with Crippen molar-refractivity contribution in [2.24, 2.45) is 10.9 Å². The van der Waals surface area contributed by atoms with E-state index in [9.17, 15) is 0 Å². The van der Waals surface area contributed by atoms with Crippen LogP contribution in [0.1, 0.15) is 12.0 Å². The van der Waals surface area contributed by atoms with Crippen LogP contribution < -0.4 is 5.32 Å². The quantitative estimate of drug-likeness (QED) is 0.383. The molecule has 2 aliphatic heterocycles. The van der Waals surface area contributed by atoms with E-state index in [1.807, 2.05) is 7.05 Å². The number of nitrogens with zero attached hydrogens (tertiary/aromatic N) is 3. The third-order valence-corrected chi connectivity index (χ3v) is 5.97. The van der Waals surface area contributed by atoms with Gasteiger partial charge in [0.1, 0.15) is 0 Å². The van der Waals surface area contributed by atoms with Crippen molar-refractivity contribution >= 4 is 40.7 Å². The van der Waals surface area contributed by atoms with Crippen LogP contribution in [-0.2, 0) is 11.2 Å². The molecule has 0 saturated carbocycles. The average molecular weight is 508 g/mol. The minimum atomic E-state index is 0. The number of hydrogen-bond donors (Lipinski definition) is 1. The lowest BCUT2D eigenvalue weighted by Crippen LogP contribution is -2.42. The fraction of sp³-hybridized carbons (Fsp3) is 0.522. The summed E-state index contributed by atoms with van der Waals surface area (Å²) in [5.74, 6) is 1.78. The zero-order valence-corrected chi connectivity index (χ0v) is 19.7. The molecule has 0 radical (unpaired) electrons. The van der Waals surface area contributed by atoms with E-state index in [4.69, 9.17) is 4.74 Å². The van der Waals surface area contributed by atoms with Gasteiger partial charge in [0.15, 0.2) is 5.96 Å². The molecule has 2 saturated heterocycles. The van der Waals surface area contributed by atoms with Gasteiger partial charge in [0.2, 0.25) is 0 Å². The number of morpholine rings is 1. The van der Waals surface area contributed by atoms with E-state index in [2.05, 4.69) is 62.6 Å². The van der Waals surface area contributed by atoms with Gasteiger partial charge in [-0.05, 0) is 35.1 Å². The van der Waals surface area contributed by atoms with Crippen LogP contribution in [0.3, 0.4) is 0 Å². The van der Waals surface area contributed by atoms with Crippen molar-refractivity contribution < 1.29 is 4.74 Å². The molecule has 29 heavy (non-hydrogen) atoms. The van der Waals surface area contributed by atoms with E-state index in [1.54, 1.807) is 0 Å². The first-order valence-electron chi connectivity index (χ1n) is 10.6. The number of likely N-dealkylation sites (tertiary alicyclic amines) is 1. The van der Waals surface area contributed by atoms with Crippen molar-refractivity contribution in [3.05, 3.63) is 48.0 Å². The van der Waals surface area contributed by atoms with Gasteiger partial charge in [0.05, 0.1) is 13.2 Å². The fourth-order valence-corrected chi connectivity index (χ4v) is 4.47. The Kier molecular flexibility index (Phi) is 8.56. The minimum Gasteiger partial charge on any atom is -0.379 e. The molecular weight excluding hydrogens is 475 g/mol. The molecule has 2 aromatic carbocycles. The number of nitrogens with one attached hydrogen (secondary N) is 1. The smallest absolute Gasteiger partial charge is 0.193 e. The van der Waals surface area contributed by atoms with Crippen molar-refractivity contribution in [3.8, 4) is 0 Å². The summed E-state index contributed by atoms with van der Waals surface area (Å²) in [6.07, 6.45) is 2.26. The van der Waals surface area contributed by atoms with Crippen LogP contribution in [0.4, 0.5) is 0 Å². The lowest BCUT2D eigenvalue weighted by Gasteiger charge is -2.29. The third kappa shape index (κ3) is 5.83. The van der Waals surface area contributed by atoms with E-state index in [1.165, 1.54) is 29.3 Å². The molecule has 2 aromatic rings. The van der Waals surface area contributed by atoms with Crippen LogP contribution in [0, 0.1) is 5.92 Å². The Balaban J connectivity index is 0.00000240. The number of rotatable bonds is 5. The van der Waals surface area contributed by atoms with Crippen molar-refractivity contribution in [2.45, 2.75) is 12.8 Å². The van der Waals surface area contributed by atoms with E-state index >= 15 is 0 Å². The molecule has 0 aromatic heterocycles. The van der Waals surface area contributed by atoms with Gasteiger partial charge in [-0.2, -0.15) is 0 Å². The third-order valence-electron chi connectivity index (χ3n) is 5.97. The Bertz CT molecular complexity index is 801. The van der Waals surface area contributed by atoms with E-state index < -0.39 is 0 Å². The Labute approximate surface area is 191 Å². The molecule has 2 aliphatic rings. The maximum absolute atomic E-state index is 5.47. The second-order valence-corrected chi connectivity index (χ2v) is 7.88. The van der Waals surface area contributed by atoms with Gasteiger partial charge in [0, 0.05) is 46.3 Å². The SMILES string of the molecule is CN=C(NCCc1cccc2ccccc12)N1CCC(CN2CCOCC2)C1.I. The molecule has 1 atom stereocenters. The van der Waals surface area contributed by atoms with Crippen molar-refractivity contribution in [1.82, 2.24) is 15.1 Å². The van der Waals surface area contributed by atoms with Crippen LogP contribution in [-0.4, -0.2) is 75.3 Å². The number of benzene rings is 2. The maximum Gasteiger partial charge on any atom is 0.193 e. The van der Waals surface area contributed by atoms with Gasteiger partial charge in [-0.15, -0.1) is 24.0 Å². The molecule has 4 rings (SSSR count). The second-order valence-electron chi connectivity index (χ2n) is 7.88. The molecule has 6 heteroatoms. The van der Waals surface area contributed by atoms with Gasteiger partial charge in [-0.1, -0.05) is 42.5 Å². The molecule has 0 aliphatic carbocycles. The standard InChI is InChI=1S/C23H32N4O.HI/c1-24-23(27-12-10-19(18-27)17-26-13-15-28-16-14-26)25-11-9-21-7-4-6-20-5-2-3-8-22(20)21;/h2-8,19H,9-18H2,1H3,(H,24,25);1H. The summed E-state index contributed by atoms with van der Waals surface area (Å²) in [5.41, 5.74) is 1.40. The molecule has 0 spiro atoms. The number of halogens is 1. The van der Waals surface area contributed by atoms with Crippen LogP contribution in [0.5, 0.6) is 0 Å². The monoisotopic (exact) mass is 508 g/mol. The summed E-state index contributed by atoms with van der Waals surface area (Å²) in [6, 6.07) is 15.2. The van der Waals surface area contributed by atoms with Crippen LogP contribution >= 0.6 is 24.0 Å². The predicted molar refractivity (Wildman–Crippen MR) is 131 cm³/mol. The molecule has 1 unspecified atom stereocenters. The highest BCUT2D eigenvalue weighted by Crippen LogP contribution is 2.20. The average Bonchev–Trinajstić information content (AvgIpc) is 3.20. The topological polar surface area (TPSA) is 40.1 Å². The summed E-state index contributed by atoms with van der Waals surface area (Å²) in [5, 5.41) is 6.26. The minimum absolute atomic E-state index is 0. The molecule has 2 heterocycles.